The second-order valence-electron chi connectivity index (χ2n) is 4.78. The molecule has 5 nitrogen and oxygen atoms in total. The van der Waals surface area contributed by atoms with Gasteiger partial charge in [0, 0.05) is 18.2 Å². The van der Waals surface area contributed by atoms with Crippen LogP contribution in [0.25, 0.3) is 0 Å². The first kappa shape index (κ1) is 13.4. The number of methoxy groups -OCH3 is 1. The number of hydrogen-bond donors (Lipinski definition) is 0. The van der Waals surface area contributed by atoms with Crippen LogP contribution in [0.1, 0.15) is 26.2 Å². The largest absolute Gasteiger partial charge is 0.469 e. The Hall–Kier alpha value is -1.04. The minimum atomic E-state index is -0.315. The average molecular weight is 271 g/mol. The maximum atomic E-state index is 12.0. The molecule has 0 aromatic rings. The van der Waals surface area contributed by atoms with E-state index in [0.717, 1.165) is 12.8 Å². The first-order valence-corrected chi connectivity index (χ1v) is 7.14. The molecule has 1 aliphatic heterocycles. The third-order valence-electron chi connectivity index (χ3n) is 3.20. The fourth-order valence-corrected chi connectivity index (χ4v) is 3.17. The molecular formula is C12H17NO4S. The zero-order valence-electron chi connectivity index (χ0n) is 10.5. The van der Waals surface area contributed by atoms with Crippen molar-refractivity contribution in [3.8, 4) is 0 Å². The van der Waals surface area contributed by atoms with Crippen molar-refractivity contribution in [2.75, 3.05) is 12.9 Å². The van der Waals surface area contributed by atoms with E-state index < -0.39 is 0 Å². The van der Waals surface area contributed by atoms with E-state index in [1.54, 1.807) is 6.92 Å². The molecule has 2 unspecified atom stereocenters. The highest BCUT2D eigenvalue weighted by Gasteiger charge is 2.46. The zero-order chi connectivity index (χ0) is 13.3. The number of imide groups is 1. The van der Waals surface area contributed by atoms with Crippen molar-refractivity contribution in [1.82, 2.24) is 4.90 Å². The molecule has 0 radical (unpaired) electrons. The summed E-state index contributed by atoms with van der Waals surface area (Å²) in [6.07, 6.45) is 2.15. The van der Waals surface area contributed by atoms with Crippen molar-refractivity contribution in [3.63, 3.8) is 0 Å². The number of ether oxygens (including phenoxy) is 1. The van der Waals surface area contributed by atoms with Crippen LogP contribution in [-0.4, -0.2) is 46.8 Å². The molecule has 1 heterocycles. The lowest BCUT2D eigenvalue weighted by Crippen LogP contribution is -2.33. The summed E-state index contributed by atoms with van der Waals surface area (Å²) in [7, 11) is 1.35. The Morgan fingerprint density at radius 1 is 1.50 bits per heavy atom. The van der Waals surface area contributed by atoms with Crippen molar-refractivity contribution in [3.05, 3.63) is 0 Å². The lowest BCUT2D eigenvalue weighted by atomic mass is 10.2. The fourth-order valence-electron chi connectivity index (χ4n) is 2.00. The summed E-state index contributed by atoms with van der Waals surface area (Å²) in [6.45, 7) is 1.76. The topological polar surface area (TPSA) is 63.7 Å². The Balaban J connectivity index is 1.85. The number of likely N-dealkylation sites (tertiary alicyclic amines) is 1. The summed E-state index contributed by atoms with van der Waals surface area (Å²) in [5.74, 6) is -0.166. The monoisotopic (exact) mass is 271 g/mol. The molecule has 0 spiro atoms. The first-order chi connectivity index (χ1) is 8.54. The Morgan fingerprint density at radius 2 is 2.17 bits per heavy atom. The predicted molar refractivity (Wildman–Crippen MR) is 66.9 cm³/mol. The van der Waals surface area contributed by atoms with Gasteiger partial charge in [-0.2, -0.15) is 0 Å². The highest BCUT2D eigenvalue weighted by molar-refractivity contribution is 8.00. The third kappa shape index (κ3) is 2.68. The van der Waals surface area contributed by atoms with Crippen LogP contribution < -0.4 is 0 Å². The van der Waals surface area contributed by atoms with Gasteiger partial charge in [-0.1, -0.05) is 6.92 Å². The highest BCUT2D eigenvalue weighted by Crippen LogP contribution is 2.35. The number of thioether (sulfide) groups is 1. The molecule has 2 amide bonds. The molecule has 1 saturated heterocycles. The molecule has 100 valence electrons. The van der Waals surface area contributed by atoms with Gasteiger partial charge in [0.2, 0.25) is 11.8 Å². The average Bonchev–Trinajstić information content (AvgIpc) is 3.13. The normalized spacial score (nSPS) is 25.4. The molecule has 0 N–H and O–H groups in total. The quantitative estimate of drug-likeness (QED) is 0.547. The second-order valence-corrected chi connectivity index (χ2v) is 6.02. The van der Waals surface area contributed by atoms with E-state index in [9.17, 15) is 14.4 Å². The minimum absolute atomic E-state index is 0.0641. The van der Waals surface area contributed by atoms with Crippen molar-refractivity contribution < 1.29 is 19.1 Å². The Labute approximate surface area is 110 Å². The van der Waals surface area contributed by atoms with E-state index in [0.29, 0.717) is 5.75 Å². The van der Waals surface area contributed by atoms with E-state index in [4.69, 9.17) is 0 Å². The molecule has 1 aliphatic carbocycles. The summed E-state index contributed by atoms with van der Waals surface area (Å²) >= 11 is 1.38. The van der Waals surface area contributed by atoms with Crippen LogP contribution in [0, 0.1) is 5.92 Å². The number of carbonyl (C=O) groups is 3. The molecule has 2 aliphatic rings. The number of carbonyl (C=O) groups excluding carboxylic acids is 3. The van der Waals surface area contributed by atoms with Gasteiger partial charge in [0.1, 0.15) is 0 Å². The van der Waals surface area contributed by atoms with Crippen molar-refractivity contribution in [1.29, 1.82) is 0 Å². The lowest BCUT2D eigenvalue weighted by Gasteiger charge is -2.14. The van der Waals surface area contributed by atoms with Gasteiger partial charge in [0.15, 0.2) is 0 Å². The predicted octanol–water partition coefficient (Wildman–Crippen LogP) is 0.819. The van der Waals surface area contributed by atoms with Crippen LogP contribution in [0.3, 0.4) is 0 Å². The fraction of sp³-hybridized carbons (Fsp3) is 0.750. The second kappa shape index (κ2) is 5.30. The van der Waals surface area contributed by atoms with Gasteiger partial charge in [0.25, 0.3) is 0 Å². The van der Waals surface area contributed by atoms with Crippen LogP contribution in [0.15, 0.2) is 0 Å². The molecule has 6 heteroatoms. The maximum absolute atomic E-state index is 12.0. The molecule has 1 saturated carbocycles. The van der Waals surface area contributed by atoms with Crippen LogP contribution in [0.5, 0.6) is 0 Å². The Morgan fingerprint density at radius 3 is 2.72 bits per heavy atom. The minimum Gasteiger partial charge on any atom is -0.469 e. The van der Waals surface area contributed by atoms with E-state index >= 15 is 0 Å². The van der Waals surface area contributed by atoms with Gasteiger partial charge in [-0.25, -0.2) is 0 Å². The van der Waals surface area contributed by atoms with Crippen LogP contribution in [0.4, 0.5) is 0 Å². The molecule has 0 bridgehead atoms. The number of hydrogen-bond acceptors (Lipinski definition) is 5. The Bertz CT molecular complexity index is 380. The molecule has 2 fully saturated rings. The third-order valence-corrected chi connectivity index (χ3v) is 4.67. The van der Waals surface area contributed by atoms with Gasteiger partial charge in [-0.3, -0.25) is 19.3 Å². The zero-order valence-corrected chi connectivity index (χ0v) is 11.4. The maximum Gasteiger partial charge on any atom is 0.309 e. The van der Waals surface area contributed by atoms with Gasteiger partial charge in [-0.15, -0.1) is 11.8 Å². The summed E-state index contributed by atoms with van der Waals surface area (Å²) in [6, 6.07) is 0.147. The van der Waals surface area contributed by atoms with Gasteiger partial charge in [0.05, 0.1) is 18.3 Å². The highest BCUT2D eigenvalue weighted by atomic mass is 32.2. The SMILES string of the molecule is COC(=O)C(C)CSC1CC(=O)N(C2CC2)C1=O. The first-order valence-electron chi connectivity index (χ1n) is 6.10. The van der Waals surface area contributed by atoms with Crippen molar-refractivity contribution in [2.45, 2.75) is 37.5 Å². The summed E-state index contributed by atoms with van der Waals surface area (Å²) in [5.41, 5.74) is 0. The van der Waals surface area contributed by atoms with E-state index in [2.05, 4.69) is 4.74 Å². The van der Waals surface area contributed by atoms with E-state index in [-0.39, 0.29) is 41.4 Å². The molecule has 2 rings (SSSR count). The Kier molecular flexibility index (Phi) is 3.94. The van der Waals surface area contributed by atoms with Gasteiger partial charge >= 0.3 is 5.97 Å². The number of rotatable bonds is 5. The van der Waals surface area contributed by atoms with Crippen LogP contribution >= 0.6 is 11.8 Å². The number of esters is 1. The molecule has 18 heavy (non-hydrogen) atoms. The summed E-state index contributed by atoms with van der Waals surface area (Å²) in [4.78, 5) is 36.4. The molecule has 0 aromatic heterocycles. The number of amides is 2. The van der Waals surface area contributed by atoms with E-state index in [1.165, 1.54) is 23.8 Å². The number of nitrogens with zero attached hydrogens (tertiary/aromatic N) is 1. The smallest absolute Gasteiger partial charge is 0.309 e. The molecule has 0 aromatic carbocycles. The van der Waals surface area contributed by atoms with Gasteiger partial charge in [-0.05, 0) is 12.8 Å². The molecule has 2 atom stereocenters. The van der Waals surface area contributed by atoms with Gasteiger partial charge < -0.3 is 4.74 Å². The lowest BCUT2D eigenvalue weighted by molar-refractivity contribution is -0.144. The summed E-state index contributed by atoms with van der Waals surface area (Å²) < 4.78 is 4.63. The van der Waals surface area contributed by atoms with Crippen molar-refractivity contribution >= 4 is 29.5 Å². The molecular weight excluding hydrogens is 254 g/mol. The standard InChI is InChI=1S/C12H17NO4S/c1-7(12(16)17-2)6-18-9-5-10(14)13(11(9)15)8-3-4-8/h7-9H,3-6H2,1-2H3. The summed E-state index contributed by atoms with van der Waals surface area (Å²) in [5, 5.41) is -0.315. The van der Waals surface area contributed by atoms with Crippen molar-refractivity contribution in [2.24, 2.45) is 5.92 Å². The van der Waals surface area contributed by atoms with Crippen LogP contribution in [0.2, 0.25) is 0 Å². The van der Waals surface area contributed by atoms with E-state index in [1.807, 2.05) is 0 Å². The van der Waals surface area contributed by atoms with Crippen LogP contribution in [-0.2, 0) is 19.1 Å².